The number of aromatic hydroxyl groups is 1. The zero-order valence-corrected chi connectivity index (χ0v) is 14.6. The van der Waals surface area contributed by atoms with E-state index in [0.717, 1.165) is 18.8 Å². The fourth-order valence-electron chi connectivity index (χ4n) is 2.97. The maximum Gasteiger partial charge on any atom is 0.263 e. The van der Waals surface area contributed by atoms with E-state index in [0.29, 0.717) is 24.4 Å². The van der Waals surface area contributed by atoms with E-state index in [1.54, 1.807) is 43.3 Å². The number of rotatable bonds is 4. The average Bonchev–Trinajstić information content (AvgIpc) is 2.69. The highest BCUT2D eigenvalue weighted by Gasteiger charge is 2.26. The third kappa shape index (κ3) is 4.06. The predicted molar refractivity (Wildman–Crippen MR) is 98.1 cm³/mol. The first-order chi connectivity index (χ1) is 12.6. The van der Waals surface area contributed by atoms with Crippen LogP contribution in [0.1, 0.15) is 12.5 Å². The van der Waals surface area contributed by atoms with Crippen molar-refractivity contribution >= 4 is 11.6 Å². The van der Waals surface area contributed by atoms with Crippen LogP contribution in [0, 0.1) is 11.3 Å². The number of hydrogen-bond donors (Lipinski definition) is 1. The molecule has 0 spiro atoms. The van der Waals surface area contributed by atoms with Gasteiger partial charge >= 0.3 is 0 Å². The molecule has 1 N–H and O–H groups in total. The van der Waals surface area contributed by atoms with Gasteiger partial charge in [-0.05, 0) is 55.5 Å². The van der Waals surface area contributed by atoms with E-state index >= 15 is 0 Å². The number of phenolic OH excluding ortho intramolecular Hbond substituents is 1. The summed E-state index contributed by atoms with van der Waals surface area (Å²) in [7, 11) is 0. The first-order valence-corrected chi connectivity index (χ1v) is 8.56. The molecule has 134 valence electrons. The third-order valence-corrected chi connectivity index (χ3v) is 4.45. The molecule has 0 aliphatic carbocycles. The summed E-state index contributed by atoms with van der Waals surface area (Å²) in [6.07, 6.45) is -0.580. The van der Waals surface area contributed by atoms with Crippen molar-refractivity contribution in [3.8, 4) is 17.6 Å². The fourth-order valence-corrected chi connectivity index (χ4v) is 2.97. The van der Waals surface area contributed by atoms with Crippen LogP contribution in [0.3, 0.4) is 0 Å². The van der Waals surface area contributed by atoms with Crippen LogP contribution in [-0.2, 0) is 4.79 Å². The van der Waals surface area contributed by atoms with Crippen molar-refractivity contribution in [2.75, 3.05) is 31.1 Å². The maximum atomic E-state index is 12.6. The van der Waals surface area contributed by atoms with Crippen LogP contribution in [0.15, 0.2) is 48.5 Å². The minimum absolute atomic E-state index is 0.0419. The lowest BCUT2D eigenvalue weighted by molar-refractivity contribution is -0.138. The van der Waals surface area contributed by atoms with Gasteiger partial charge in [0, 0.05) is 31.9 Å². The maximum absolute atomic E-state index is 12.6. The molecule has 0 radical (unpaired) electrons. The highest BCUT2D eigenvalue weighted by molar-refractivity contribution is 5.81. The third-order valence-electron chi connectivity index (χ3n) is 4.45. The van der Waals surface area contributed by atoms with Gasteiger partial charge in [-0.3, -0.25) is 4.79 Å². The number of nitriles is 1. The second kappa shape index (κ2) is 7.79. The first kappa shape index (κ1) is 17.6. The average molecular weight is 351 g/mol. The van der Waals surface area contributed by atoms with E-state index in [-0.39, 0.29) is 11.7 Å². The molecule has 26 heavy (non-hydrogen) atoms. The highest BCUT2D eigenvalue weighted by Crippen LogP contribution is 2.20. The molecular formula is C20H21N3O3. The van der Waals surface area contributed by atoms with E-state index in [1.165, 1.54) is 0 Å². The van der Waals surface area contributed by atoms with Gasteiger partial charge in [-0.25, -0.2) is 0 Å². The van der Waals surface area contributed by atoms with Gasteiger partial charge < -0.3 is 19.6 Å². The molecule has 6 nitrogen and oxygen atoms in total. The summed E-state index contributed by atoms with van der Waals surface area (Å²) in [6, 6.07) is 15.9. The number of amides is 1. The molecule has 0 aromatic heterocycles. The van der Waals surface area contributed by atoms with Crippen molar-refractivity contribution < 1.29 is 14.6 Å². The Morgan fingerprint density at radius 3 is 2.27 bits per heavy atom. The summed E-state index contributed by atoms with van der Waals surface area (Å²) >= 11 is 0. The largest absolute Gasteiger partial charge is 0.508 e. The number of anilines is 1. The van der Waals surface area contributed by atoms with E-state index in [9.17, 15) is 9.90 Å². The van der Waals surface area contributed by atoms with Gasteiger partial charge in [0.1, 0.15) is 11.5 Å². The number of piperazine rings is 1. The molecule has 1 atom stereocenters. The summed E-state index contributed by atoms with van der Waals surface area (Å²) in [6.45, 7) is 4.47. The molecule has 3 rings (SSSR count). The zero-order chi connectivity index (χ0) is 18.5. The molecule has 6 heteroatoms. The number of carbonyl (C=O) groups is 1. The fraction of sp³-hybridized carbons (Fsp3) is 0.300. The molecule has 2 aromatic carbocycles. The summed E-state index contributed by atoms with van der Waals surface area (Å²) < 4.78 is 5.71. The summed E-state index contributed by atoms with van der Waals surface area (Å²) in [5, 5.41) is 18.2. The Morgan fingerprint density at radius 1 is 1.08 bits per heavy atom. The first-order valence-electron chi connectivity index (χ1n) is 8.56. The number of phenols is 1. The minimum Gasteiger partial charge on any atom is -0.508 e. The number of nitrogens with zero attached hydrogens (tertiary/aromatic N) is 3. The number of hydrogen-bond acceptors (Lipinski definition) is 5. The lowest BCUT2D eigenvalue weighted by atomic mass is 10.2. The molecule has 1 aliphatic heterocycles. The SMILES string of the molecule is CC(Oc1ccc(C#N)cc1)C(=O)N1CCN(c2ccc(O)cc2)CC1. The summed E-state index contributed by atoms with van der Waals surface area (Å²) in [4.78, 5) is 16.6. The number of benzene rings is 2. The smallest absolute Gasteiger partial charge is 0.263 e. The van der Waals surface area contributed by atoms with Crippen LogP contribution in [0.4, 0.5) is 5.69 Å². The molecule has 1 amide bonds. The van der Waals surface area contributed by atoms with Gasteiger partial charge in [0.05, 0.1) is 11.6 Å². The molecular weight excluding hydrogens is 330 g/mol. The zero-order valence-electron chi connectivity index (χ0n) is 14.6. The van der Waals surface area contributed by atoms with E-state index in [2.05, 4.69) is 11.0 Å². The van der Waals surface area contributed by atoms with Crippen molar-refractivity contribution in [1.82, 2.24) is 4.90 Å². The van der Waals surface area contributed by atoms with Crippen LogP contribution < -0.4 is 9.64 Å². The van der Waals surface area contributed by atoms with Gasteiger partial charge in [-0.1, -0.05) is 0 Å². The molecule has 0 saturated carbocycles. The lowest BCUT2D eigenvalue weighted by Gasteiger charge is -2.37. The number of carbonyl (C=O) groups excluding carboxylic acids is 1. The quantitative estimate of drug-likeness (QED) is 0.915. The molecule has 1 unspecified atom stereocenters. The monoisotopic (exact) mass is 351 g/mol. The topological polar surface area (TPSA) is 76.8 Å². The molecule has 1 saturated heterocycles. The number of ether oxygens (including phenoxy) is 1. The molecule has 2 aromatic rings. The predicted octanol–water partition coefficient (Wildman–Crippen LogP) is 2.38. The Labute approximate surface area is 152 Å². The van der Waals surface area contributed by atoms with Gasteiger partial charge in [0.15, 0.2) is 6.10 Å². The van der Waals surface area contributed by atoms with Crippen molar-refractivity contribution in [3.63, 3.8) is 0 Å². The van der Waals surface area contributed by atoms with Crippen molar-refractivity contribution in [1.29, 1.82) is 5.26 Å². The molecule has 1 aliphatic rings. The highest BCUT2D eigenvalue weighted by atomic mass is 16.5. The molecule has 1 heterocycles. The van der Waals surface area contributed by atoms with Crippen LogP contribution in [0.2, 0.25) is 0 Å². The Kier molecular flexibility index (Phi) is 5.28. The summed E-state index contributed by atoms with van der Waals surface area (Å²) in [5.41, 5.74) is 1.60. The molecule has 1 fully saturated rings. The van der Waals surface area contributed by atoms with E-state index in [4.69, 9.17) is 10.00 Å². The Morgan fingerprint density at radius 2 is 1.69 bits per heavy atom. The Bertz CT molecular complexity index is 789. The minimum atomic E-state index is -0.580. The standard InChI is InChI=1S/C20H21N3O3/c1-15(26-19-8-2-16(14-21)3-9-19)20(25)23-12-10-22(11-13-23)17-4-6-18(24)7-5-17/h2-9,15,24H,10-13H2,1H3. The second-order valence-corrected chi connectivity index (χ2v) is 6.22. The van der Waals surface area contributed by atoms with Crippen molar-refractivity contribution in [2.45, 2.75) is 13.0 Å². The van der Waals surface area contributed by atoms with E-state index in [1.807, 2.05) is 17.0 Å². The van der Waals surface area contributed by atoms with Gasteiger partial charge in [-0.15, -0.1) is 0 Å². The van der Waals surface area contributed by atoms with Crippen LogP contribution in [0.25, 0.3) is 0 Å². The Balaban J connectivity index is 1.53. The van der Waals surface area contributed by atoms with Gasteiger partial charge in [0.25, 0.3) is 5.91 Å². The summed E-state index contributed by atoms with van der Waals surface area (Å²) in [5.74, 6) is 0.781. The second-order valence-electron chi connectivity index (χ2n) is 6.22. The van der Waals surface area contributed by atoms with Gasteiger partial charge in [-0.2, -0.15) is 5.26 Å². The van der Waals surface area contributed by atoms with Crippen molar-refractivity contribution in [3.05, 3.63) is 54.1 Å². The van der Waals surface area contributed by atoms with Gasteiger partial charge in [0.2, 0.25) is 0 Å². The van der Waals surface area contributed by atoms with Crippen LogP contribution >= 0.6 is 0 Å². The van der Waals surface area contributed by atoms with Crippen LogP contribution in [0.5, 0.6) is 11.5 Å². The Hall–Kier alpha value is -3.20. The lowest BCUT2D eigenvalue weighted by Crippen LogP contribution is -2.52. The van der Waals surface area contributed by atoms with E-state index < -0.39 is 6.10 Å². The normalized spacial score (nSPS) is 15.2. The van der Waals surface area contributed by atoms with Crippen molar-refractivity contribution in [2.24, 2.45) is 0 Å². The molecule has 0 bridgehead atoms. The van der Waals surface area contributed by atoms with Crippen LogP contribution in [-0.4, -0.2) is 48.2 Å².